The minimum absolute atomic E-state index is 0.435. The lowest BCUT2D eigenvalue weighted by Crippen LogP contribution is -2.25. The molecule has 1 aromatic carbocycles. The average Bonchev–Trinajstić information content (AvgIpc) is 2.25. The Hall–Kier alpha value is -1.28. The Kier molecular flexibility index (Phi) is 4.56. The molecule has 0 radical (unpaired) electrons. The van der Waals surface area contributed by atoms with Gasteiger partial charge in [-0.25, -0.2) is 0 Å². The first kappa shape index (κ1) is 12.8. The number of benzene rings is 1. The van der Waals surface area contributed by atoms with Crippen molar-refractivity contribution in [3.63, 3.8) is 0 Å². The summed E-state index contributed by atoms with van der Waals surface area (Å²) in [4.78, 5) is 2.23. The maximum absolute atomic E-state index is 9.73. The van der Waals surface area contributed by atoms with E-state index in [4.69, 9.17) is 0 Å². The summed E-state index contributed by atoms with van der Waals surface area (Å²) >= 11 is 0. The van der Waals surface area contributed by atoms with E-state index in [2.05, 4.69) is 24.5 Å². The van der Waals surface area contributed by atoms with E-state index < -0.39 is 6.10 Å². The number of nitrogens with zero attached hydrogens (tertiary/aromatic N) is 1. The number of rotatable bonds is 5. The van der Waals surface area contributed by atoms with Crippen molar-refractivity contribution in [3.8, 4) is 0 Å². The molecule has 0 unspecified atom stereocenters. The molecule has 0 aromatic heterocycles. The molecule has 0 amide bonds. The summed E-state index contributed by atoms with van der Waals surface area (Å²) in [5, 5.41) is 9.73. The second-order valence-electron chi connectivity index (χ2n) is 4.21. The maximum Gasteiger partial charge on any atom is 0.0781 e. The monoisotopic (exact) mass is 219 g/mol. The smallest absolute Gasteiger partial charge is 0.0781 e. The quantitative estimate of drug-likeness (QED) is 0.769. The van der Waals surface area contributed by atoms with Crippen LogP contribution in [-0.2, 0) is 0 Å². The Bertz CT molecular complexity index is 358. The minimum Gasteiger partial charge on any atom is -0.389 e. The Morgan fingerprint density at radius 3 is 2.56 bits per heavy atom. The normalized spacial score (nSPS) is 12.2. The van der Waals surface area contributed by atoms with Crippen LogP contribution in [0.25, 0.3) is 0 Å². The number of aliphatic hydroxyl groups excluding tert-OH is 1. The fraction of sp³-hybridized carbons (Fsp3) is 0.429. The molecule has 2 heteroatoms. The molecule has 0 spiro atoms. The molecule has 0 fully saturated rings. The summed E-state index contributed by atoms with van der Waals surface area (Å²) in [5.74, 6) is 0. The molecule has 1 N–H and O–H groups in total. The second kappa shape index (κ2) is 5.71. The van der Waals surface area contributed by atoms with Crippen molar-refractivity contribution in [2.75, 3.05) is 18.0 Å². The highest BCUT2D eigenvalue weighted by Crippen LogP contribution is 2.26. The Morgan fingerprint density at radius 1 is 1.44 bits per heavy atom. The Balaban J connectivity index is 3.03. The van der Waals surface area contributed by atoms with Crippen LogP contribution >= 0.6 is 0 Å². The van der Waals surface area contributed by atoms with Crippen LogP contribution < -0.4 is 4.90 Å². The van der Waals surface area contributed by atoms with Gasteiger partial charge in [0.05, 0.1) is 6.10 Å². The van der Waals surface area contributed by atoms with E-state index in [9.17, 15) is 5.11 Å². The van der Waals surface area contributed by atoms with Gasteiger partial charge in [0.2, 0.25) is 0 Å². The fourth-order valence-electron chi connectivity index (χ4n) is 1.82. The van der Waals surface area contributed by atoms with Crippen molar-refractivity contribution in [1.29, 1.82) is 0 Å². The molecule has 2 nitrogen and oxygen atoms in total. The van der Waals surface area contributed by atoms with E-state index in [0.29, 0.717) is 0 Å². The third-order valence-corrected chi connectivity index (χ3v) is 2.57. The van der Waals surface area contributed by atoms with Gasteiger partial charge in [0.1, 0.15) is 0 Å². The lowest BCUT2D eigenvalue weighted by atomic mass is 10.1. The van der Waals surface area contributed by atoms with Crippen molar-refractivity contribution in [2.45, 2.75) is 26.9 Å². The first-order chi connectivity index (χ1) is 7.56. The van der Waals surface area contributed by atoms with Crippen LogP contribution in [0.1, 0.15) is 32.4 Å². The lowest BCUT2D eigenvalue weighted by molar-refractivity contribution is 0.199. The first-order valence-corrected chi connectivity index (χ1v) is 5.72. The summed E-state index contributed by atoms with van der Waals surface area (Å²) in [5.41, 5.74) is 3.20. The summed E-state index contributed by atoms with van der Waals surface area (Å²) in [6.07, 6.45) is -0.435. The zero-order valence-corrected chi connectivity index (χ0v) is 10.4. The topological polar surface area (TPSA) is 23.5 Å². The van der Waals surface area contributed by atoms with Crippen LogP contribution in [0.3, 0.4) is 0 Å². The molecule has 0 aliphatic rings. The third-order valence-electron chi connectivity index (χ3n) is 2.57. The van der Waals surface area contributed by atoms with Crippen molar-refractivity contribution in [2.24, 2.45) is 0 Å². The molecule has 0 aliphatic heterocycles. The Morgan fingerprint density at radius 2 is 2.06 bits per heavy atom. The molecule has 0 heterocycles. The molecule has 1 rings (SSSR count). The molecule has 0 aliphatic carbocycles. The van der Waals surface area contributed by atoms with Crippen LogP contribution in [-0.4, -0.2) is 18.2 Å². The highest BCUT2D eigenvalue weighted by atomic mass is 16.3. The van der Waals surface area contributed by atoms with Gasteiger partial charge in [-0.2, -0.15) is 0 Å². The van der Waals surface area contributed by atoms with Gasteiger partial charge in [-0.3, -0.25) is 0 Å². The van der Waals surface area contributed by atoms with E-state index in [1.165, 1.54) is 0 Å². The van der Waals surface area contributed by atoms with E-state index >= 15 is 0 Å². The average molecular weight is 219 g/mol. The summed E-state index contributed by atoms with van der Waals surface area (Å²) < 4.78 is 0. The van der Waals surface area contributed by atoms with Crippen LogP contribution in [0.15, 0.2) is 36.4 Å². The second-order valence-corrected chi connectivity index (χ2v) is 4.21. The van der Waals surface area contributed by atoms with E-state index in [1.54, 1.807) is 6.92 Å². The van der Waals surface area contributed by atoms with Gasteiger partial charge >= 0.3 is 0 Å². The SMILES string of the molecule is C=C(C)CN(CC)c1ccccc1[C@@H](C)O. The van der Waals surface area contributed by atoms with E-state index in [-0.39, 0.29) is 0 Å². The van der Waals surface area contributed by atoms with Gasteiger partial charge in [-0.15, -0.1) is 0 Å². The molecule has 16 heavy (non-hydrogen) atoms. The Labute approximate surface area is 98.2 Å². The highest BCUT2D eigenvalue weighted by Gasteiger charge is 2.12. The van der Waals surface area contributed by atoms with Crippen molar-refractivity contribution in [3.05, 3.63) is 42.0 Å². The predicted molar refractivity (Wildman–Crippen MR) is 69.8 cm³/mol. The number of para-hydroxylation sites is 1. The van der Waals surface area contributed by atoms with Gasteiger partial charge in [-0.05, 0) is 26.8 Å². The fourth-order valence-corrected chi connectivity index (χ4v) is 1.82. The molecular formula is C14H21NO. The zero-order chi connectivity index (χ0) is 12.1. The number of hydrogen-bond donors (Lipinski definition) is 1. The summed E-state index contributed by atoms with van der Waals surface area (Å²) in [7, 11) is 0. The maximum atomic E-state index is 9.73. The van der Waals surface area contributed by atoms with Crippen molar-refractivity contribution >= 4 is 5.69 Å². The van der Waals surface area contributed by atoms with Gasteiger partial charge in [0.25, 0.3) is 0 Å². The predicted octanol–water partition coefficient (Wildman–Crippen LogP) is 3.14. The standard InChI is InChI=1S/C14H21NO/c1-5-15(10-11(2)3)14-9-7-6-8-13(14)12(4)16/h6-9,12,16H,2,5,10H2,1,3-4H3/t12-/m1/s1. The molecule has 0 saturated heterocycles. The van der Waals surface area contributed by atoms with Gasteiger partial charge in [0.15, 0.2) is 0 Å². The first-order valence-electron chi connectivity index (χ1n) is 5.72. The number of likely N-dealkylation sites (N-methyl/N-ethyl adjacent to an activating group) is 1. The van der Waals surface area contributed by atoms with Crippen molar-refractivity contribution in [1.82, 2.24) is 0 Å². The minimum atomic E-state index is -0.435. The molecule has 0 saturated carbocycles. The van der Waals surface area contributed by atoms with E-state index in [0.717, 1.165) is 29.9 Å². The molecule has 1 atom stereocenters. The van der Waals surface area contributed by atoms with Crippen LogP contribution in [0.2, 0.25) is 0 Å². The van der Waals surface area contributed by atoms with Crippen LogP contribution in [0.4, 0.5) is 5.69 Å². The summed E-state index contributed by atoms with van der Waals surface area (Å²) in [6, 6.07) is 7.98. The van der Waals surface area contributed by atoms with E-state index in [1.807, 2.05) is 25.1 Å². The number of aliphatic hydroxyl groups is 1. The third kappa shape index (κ3) is 3.11. The summed E-state index contributed by atoms with van der Waals surface area (Å²) in [6.45, 7) is 11.6. The van der Waals surface area contributed by atoms with Crippen molar-refractivity contribution < 1.29 is 5.11 Å². The molecule has 0 bridgehead atoms. The zero-order valence-electron chi connectivity index (χ0n) is 10.4. The van der Waals surface area contributed by atoms with Gasteiger partial charge < -0.3 is 10.0 Å². The van der Waals surface area contributed by atoms with Gasteiger partial charge in [0, 0.05) is 24.3 Å². The molecule has 1 aromatic rings. The highest BCUT2D eigenvalue weighted by molar-refractivity contribution is 5.55. The van der Waals surface area contributed by atoms with Crippen LogP contribution in [0.5, 0.6) is 0 Å². The molecule has 88 valence electrons. The number of hydrogen-bond acceptors (Lipinski definition) is 2. The van der Waals surface area contributed by atoms with Gasteiger partial charge in [-0.1, -0.05) is 30.4 Å². The van der Waals surface area contributed by atoms with Crippen LogP contribution in [0, 0.1) is 0 Å². The molecular weight excluding hydrogens is 198 g/mol. The largest absolute Gasteiger partial charge is 0.389 e. The number of anilines is 1. The lowest BCUT2D eigenvalue weighted by Gasteiger charge is -2.26.